The summed E-state index contributed by atoms with van der Waals surface area (Å²) in [5.74, 6) is 0.168. The molecule has 4 rings (SSSR count). The molecule has 2 heterocycles. The molecule has 1 aromatic heterocycles. The van der Waals surface area contributed by atoms with E-state index in [0.29, 0.717) is 50.5 Å². The maximum absolute atomic E-state index is 13.9. The maximum Gasteiger partial charge on any atom is 0.338 e. The van der Waals surface area contributed by atoms with Gasteiger partial charge in [-0.2, -0.15) is 0 Å². The number of esters is 1. The zero-order chi connectivity index (χ0) is 26.9. The number of ether oxygens (including phenoxy) is 2. The van der Waals surface area contributed by atoms with Crippen LogP contribution >= 0.6 is 68.1 Å². The number of hydrogen-bond donors (Lipinski definition) is 1. The topological polar surface area (TPSA) is 90.1 Å². The molecule has 37 heavy (non-hydrogen) atoms. The van der Waals surface area contributed by atoms with Crippen molar-refractivity contribution in [2.45, 2.75) is 32.7 Å². The highest BCUT2D eigenvalue weighted by Crippen LogP contribution is 2.38. The third-order valence-corrected chi connectivity index (χ3v) is 8.58. The van der Waals surface area contributed by atoms with Crippen LogP contribution in [0.15, 0.2) is 51.4 Å². The standard InChI is InChI=1S/C26H23ClI2N2O5S/c1-4-6-18-21(25(34)36-5-2)22(15-12-14(27)7-8-19(15)35-3)31-24(33)20(37-26(31)30-18)11-13-9-16(28)23(32)17(29)10-13/h7-12,22,32H,4-6H2,1-3H3/b20-11+/t22-/m0/s1. The zero-order valence-corrected chi connectivity index (χ0v) is 26.1. The molecule has 0 radical (unpaired) electrons. The number of methoxy groups -OCH3 is 1. The molecule has 0 saturated carbocycles. The molecule has 2 aromatic carbocycles. The average Bonchev–Trinajstić information content (AvgIpc) is 3.16. The average molecular weight is 765 g/mol. The fourth-order valence-electron chi connectivity index (χ4n) is 4.15. The number of fused-ring (bicyclic) bond motifs is 1. The third-order valence-electron chi connectivity index (χ3n) is 5.72. The van der Waals surface area contributed by atoms with Crippen molar-refractivity contribution < 1.29 is 19.4 Å². The summed E-state index contributed by atoms with van der Waals surface area (Å²) in [5, 5.41) is 10.6. The summed E-state index contributed by atoms with van der Waals surface area (Å²) >= 11 is 11.7. The van der Waals surface area contributed by atoms with Crippen LogP contribution in [-0.4, -0.2) is 29.4 Å². The first-order chi connectivity index (χ1) is 17.7. The lowest BCUT2D eigenvalue weighted by molar-refractivity contribution is -0.139. The molecule has 0 amide bonds. The third kappa shape index (κ3) is 5.62. The van der Waals surface area contributed by atoms with Gasteiger partial charge in [-0.15, -0.1) is 0 Å². The van der Waals surface area contributed by atoms with E-state index in [2.05, 4.69) is 45.2 Å². The summed E-state index contributed by atoms with van der Waals surface area (Å²) < 4.78 is 14.4. The minimum Gasteiger partial charge on any atom is -0.506 e. The molecule has 0 saturated heterocycles. The van der Waals surface area contributed by atoms with Gasteiger partial charge in [0.2, 0.25) is 0 Å². The normalized spacial score (nSPS) is 15.4. The predicted molar refractivity (Wildman–Crippen MR) is 161 cm³/mol. The van der Waals surface area contributed by atoms with Crippen LogP contribution < -0.4 is 19.6 Å². The molecule has 194 valence electrons. The molecular formula is C26H23ClI2N2O5S. The number of halogens is 3. The first-order valence-electron chi connectivity index (χ1n) is 11.4. The molecular weight excluding hydrogens is 742 g/mol. The quantitative estimate of drug-likeness (QED) is 0.266. The maximum atomic E-state index is 13.9. The number of hydrogen-bond acceptors (Lipinski definition) is 7. The van der Waals surface area contributed by atoms with Gasteiger partial charge < -0.3 is 14.6 Å². The van der Waals surface area contributed by atoms with E-state index in [4.69, 9.17) is 26.1 Å². The van der Waals surface area contributed by atoms with Gasteiger partial charge >= 0.3 is 5.97 Å². The van der Waals surface area contributed by atoms with Gasteiger partial charge in [0.05, 0.1) is 36.7 Å². The Morgan fingerprint density at radius 1 is 1.24 bits per heavy atom. The zero-order valence-electron chi connectivity index (χ0n) is 20.2. The number of phenols is 1. The molecule has 1 aliphatic rings. The monoisotopic (exact) mass is 764 g/mol. The van der Waals surface area contributed by atoms with Crippen LogP contribution in [0.4, 0.5) is 0 Å². The van der Waals surface area contributed by atoms with Gasteiger partial charge in [0.15, 0.2) is 4.80 Å². The summed E-state index contributed by atoms with van der Waals surface area (Å²) in [6, 6.07) is 7.91. The largest absolute Gasteiger partial charge is 0.506 e. The van der Waals surface area contributed by atoms with Crippen LogP contribution in [0, 0.1) is 7.14 Å². The van der Waals surface area contributed by atoms with Crippen molar-refractivity contribution >= 4 is 80.2 Å². The van der Waals surface area contributed by atoms with Crippen LogP contribution in [0.3, 0.4) is 0 Å². The highest BCUT2D eigenvalue weighted by Gasteiger charge is 2.36. The van der Waals surface area contributed by atoms with Gasteiger partial charge in [-0.25, -0.2) is 9.79 Å². The number of thiazole rings is 1. The van der Waals surface area contributed by atoms with Crippen LogP contribution in [0.5, 0.6) is 11.5 Å². The summed E-state index contributed by atoms with van der Waals surface area (Å²) in [6.07, 6.45) is 3.06. The number of phenolic OH excluding ortho intramolecular Hbond substituents is 1. The van der Waals surface area contributed by atoms with E-state index >= 15 is 0 Å². The Hall–Kier alpha value is -1.90. The van der Waals surface area contributed by atoms with E-state index in [0.717, 1.165) is 12.0 Å². The molecule has 0 aliphatic carbocycles. The Labute approximate surface area is 249 Å². The van der Waals surface area contributed by atoms with Crippen molar-refractivity contribution in [3.63, 3.8) is 0 Å². The fraction of sp³-hybridized carbons (Fsp3) is 0.269. The number of aromatic nitrogens is 1. The molecule has 0 bridgehead atoms. The minimum absolute atomic E-state index is 0.184. The van der Waals surface area contributed by atoms with Crippen LogP contribution in [-0.2, 0) is 9.53 Å². The Bertz CT molecular complexity index is 1570. The van der Waals surface area contributed by atoms with E-state index in [1.54, 1.807) is 43.3 Å². The van der Waals surface area contributed by atoms with Gasteiger partial charge in [0, 0.05) is 10.6 Å². The van der Waals surface area contributed by atoms with Crippen molar-refractivity contribution in [3.05, 3.63) is 84.6 Å². The summed E-state index contributed by atoms with van der Waals surface area (Å²) in [6.45, 7) is 3.93. The molecule has 0 spiro atoms. The van der Waals surface area contributed by atoms with Crippen molar-refractivity contribution in [2.24, 2.45) is 4.99 Å². The fourth-order valence-corrected chi connectivity index (χ4v) is 7.17. The second-order valence-electron chi connectivity index (χ2n) is 8.13. The molecule has 1 aliphatic heterocycles. The van der Waals surface area contributed by atoms with Crippen molar-refractivity contribution in [1.82, 2.24) is 4.57 Å². The molecule has 1 atom stereocenters. The molecule has 7 nitrogen and oxygen atoms in total. The van der Waals surface area contributed by atoms with Gasteiger partial charge in [0.25, 0.3) is 5.56 Å². The van der Waals surface area contributed by atoms with E-state index in [9.17, 15) is 14.7 Å². The lowest BCUT2D eigenvalue weighted by atomic mass is 9.93. The summed E-state index contributed by atoms with van der Waals surface area (Å²) in [4.78, 5) is 32.5. The molecule has 3 aromatic rings. The molecule has 11 heteroatoms. The van der Waals surface area contributed by atoms with Gasteiger partial charge in [-0.05, 0) is 100 Å². The number of allylic oxidation sites excluding steroid dienone is 1. The predicted octanol–water partition coefficient (Wildman–Crippen LogP) is 5.16. The van der Waals surface area contributed by atoms with Crippen molar-refractivity contribution in [2.75, 3.05) is 13.7 Å². The first kappa shape index (κ1) is 28.1. The Morgan fingerprint density at radius 2 is 1.95 bits per heavy atom. The number of nitrogens with zero attached hydrogens (tertiary/aromatic N) is 2. The highest BCUT2D eigenvalue weighted by atomic mass is 127. The van der Waals surface area contributed by atoms with Gasteiger partial charge in [-0.3, -0.25) is 9.36 Å². The Kier molecular flexibility index (Phi) is 9.02. The van der Waals surface area contributed by atoms with Crippen LogP contribution in [0.25, 0.3) is 6.08 Å². The van der Waals surface area contributed by atoms with Crippen LogP contribution in [0.2, 0.25) is 5.02 Å². The molecule has 1 N–H and O–H groups in total. The Morgan fingerprint density at radius 3 is 2.57 bits per heavy atom. The highest BCUT2D eigenvalue weighted by molar-refractivity contribution is 14.1. The van der Waals surface area contributed by atoms with Gasteiger partial charge in [0.1, 0.15) is 17.5 Å². The second kappa shape index (κ2) is 11.9. The number of carbonyl (C=O) groups excluding carboxylic acids is 1. The number of carbonyl (C=O) groups is 1. The number of aromatic hydroxyl groups is 1. The Balaban J connectivity index is 2.05. The van der Waals surface area contributed by atoms with Crippen molar-refractivity contribution in [1.29, 1.82) is 0 Å². The van der Waals surface area contributed by atoms with E-state index in [1.165, 1.54) is 23.0 Å². The minimum atomic E-state index is -0.826. The van der Waals surface area contributed by atoms with E-state index < -0.39 is 12.0 Å². The van der Waals surface area contributed by atoms with E-state index in [1.807, 2.05) is 6.92 Å². The SMILES string of the molecule is CCCC1=C(C(=O)OCC)[C@H](c2cc(Cl)ccc2OC)n2c(s/c(=C/c3cc(I)c(O)c(I)c3)c2=O)=N1. The number of benzene rings is 2. The molecule has 0 fully saturated rings. The summed E-state index contributed by atoms with van der Waals surface area (Å²) in [7, 11) is 1.53. The van der Waals surface area contributed by atoms with Gasteiger partial charge in [-0.1, -0.05) is 36.3 Å². The number of rotatable bonds is 7. The first-order valence-corrected chi connectivity index (χ1v) is 14.8. The smallest absolute Gasteiger partial charge is 0.338 e. The second-order valence-corrected chi connectivity index (χ2v) is 11.9. The lowest BCUT2D eigenvalue weighted by Crippen LogP contribution is -2.40. The summed E-state index contributed by atoms with van der Waals surface area (Å²) in [5.41, 5.74) is 1.92. The lowest BCUT2D eigenvalue weighted by Gasteiger charge is -2.27. The van der Waals surface area contributed by atoms with E-state index in [-0.39, 0.29) is 17.9 Å². The molecule has 0 unspecified atom stereocenters. The van der Waals surface area contributed by atoms with Crippen LogP contribution in [0.1, 0.15) is 43.9 Å². The van der Waals surface area contributed by atoms with Crippen molar-refractivity contribution in [3.8, 4) is 11.5 Å².